The lowest BCUT2D eigenvalue weighted by Gasteiger charge is -2.38. The molecule has 7 nitrogen and oxygen atoms in total. The van der Waals surface area contributed by atoms with Gasteiger partial charge in [0.15, 0.2) is 0 Å². The van der Waals surface area contributed by atoms with Crippen LogP contribution in [0.25, 0.3) is 0 Å². The molecular weight excluding hydrogens is 334 g/mol. The molecule has 7 heteroatoms. The van der Waals surface area contributed by atoms with Crippen LogP contribution in [0.5, 0.6) is 0 Å². The molecule has 1 fully saturated rings. The predicted molar refractivity (Wildman–Crippen MR) is 101 cm³/mol. The molecule has 1 N–H and O–H groups in total. The fourth-order valence-corrected chi connectivity index (χ4v) is 2.84. The van der Waals surface area contributed by atoms with Crippen LogP contribution in [0.2, 0.25) is 0 Å². The molecule has 1 aliphatic heterocycles. The smallest absolute Gasteiger partial charge is 0.354 e. The van der Waals surface area contributed by atoms with Gasteiger partial charge in [0.1, 0.15) is 5.70 Å². The molecule has 0 spiro atoms. The van der Waals surface area contributed by atoms with Crippen LogP contribution in [0.15, 0.2) is 36.0 Å². The minimum absolute atomic E-state index is 0.0256. The van der Waals surface area contributed by atoms with E-state index in [0.717, 1.165) is 37.9 Å². The zero-order chi connectivity index (χ0) is 19.1. The first-order valence-corrected chi connectivity index (χ1v) is 8.68. The average molecular weight is 361 g/mol. The highest BCUT2D eigenvalue weighted by molar-refractivity contribution is 5.98. The third kappa shape index (κ3) is 5.23. The van der Waals surface area contributed by atoms with Gasteiger partial charge in [-0.25, -0.2) is 9.59 Å². The number of esters is 2. The summed E-state index contributed by atoms with van der Waals surface area (Å²) in [5, 5.41) is 2.91. The standard InChI is InChI=1S/C19H27N3O4/c1-14(2)21-9-11-22(12-10-21)16-7-5-15(6-8-16)20-17(19(24)26-4)13-18(23)25-3/h5-8,13-14,20H,9-12H2,1-4H3/b17-13+. The highest BCUT2D eigenvalue weighted by Gasteiger charge is 2.19. The molecule has 1 aliphatic rings. The lowest BCUT2D eigenvalue weighted by Crippen LogP contribution is -2.48. The molecule has 1 aromatic rings. The van der Waals surface area contributed by atoms with Crippen LogP contribution in [0.1, 0.15) is 13.8 Å². The quantitative estimate of drug-likeness (QED) is 0.612. The molecule has 0 amide bonds. The van der Waals surface area contributed by atoms with Crippen LogP contribution in [0.4, 0.5) is 11.4 Å². The lowest BCUT2D eigenvalue weighted by atomic mass is 10.2. The Hall–Kier alpha value is -2.54. The number of carbonyl (C=O) groups is 2. The number of carbonyl (C=O) groups excluding carboxylic acids is 2. The average Bonchev–Trinajstić information content (AvgIpc) is 2.67. The minimum atomic E-state index is -0.635. The third-order valence-corrected chi connectivity index (χ3v) is 4.42. The number of piperazine rings is 1. The Morgan fingerprint density at radius 3 is 2.15 bits per heavy atom. The molecule has 1 heterocycles. The Balaban J connectivity index is 2.03. The second-order valence-electron chi connectivity index (χ2n) is 6.36. The molecule has 0 unspecified atom stereocenters. The van der Waals surface area contributed by atoms with Crippen LogP contribution in [-0.4, -0.2) is 63.3 Å². The molecular formula is C19H27N3O4. The predicted octanol–water partition coefficient (Wildman–Crippen LogP) is 1.86. The zero-order valence-corrected chi connectivity index (χ0v) is 15.8. The maximum atomic E-state index is 11.8. The fourth-order valence-electron chi connectivity index (χ4n) is 2.84. The maximum absolute atomic E-state index is 11.8. The van der Waals surface area contributed by atoms with E-state index in [1.54, 1.807) is 0 Å². The Bertz CT molecular complexity index is 647. The van der Waals surface area contributed by atoms with Crippen molar-refractivity contribution in [2.45, 2.75) is 19.9 Å². The first-order chi connectivity index (χ1) is 12.4. The summed E-state index contributed by atoms with van der Waals surface area (Å²) in [4.78, 5) is 28.0. The Morgan fingerprint density at radius 2 is 1.65 bits per heavy atom. The topological polar surface area (TPSA) is 71.1 Å². The van der Waals surface area contributed by atoms with E-state index in [1.807, 2.05) is 24.3 Å². The van der Waals surface area contributed by atoms with Gasteiger partial charge in [0.25, 0.3) is 0 Å². The highest BCUT2D eigenvalue weighted by atomic mass is 16.5. The molecule has 142 valence electrons. The summed E-state index contributed by atoms with van der Waals surface area (Å²) in [6.07, 6.45) is 1.07. The number of ether oxygens (including phenoxy) is 2. The fraction of sp³-hybridized carbons (Fsp3) is 0.474. The van der Waals surface area contributed by atoms with Crippen molar-refractivity contribution in [2.75, 3.05) is 50.6 Å². The number of anilines is 2. The third-order valence-electron chi connectivity index (χ3n) is 4.42. The second-order valence-corrected chi connectivity index (χ2v) is 6.36. The van der Waals surface area contributed by atoms with E-state index in [9.17, 15) is 9.59 Å². The number of hydrogen-bond donors (Lipinski definition) is 1. The summed E-state index contributed by atoms with van der Waals surface area (Å²) in [6.45, 7) is 8.51. The molecule has 0 radical (unpaired) electrons. The van der Waals surface area contributed by atoms with Crippen LogP contribution in [-0.2, 0) is 19.1 Å². The van der Waals surface area contributed by atoms with Crippen LogP contribution in [0, 0.1) is 0 Å². The zero-order valence-electron chi connectivity index (χ0n) is 15.8. The summed E-state index contributed by atoms with van der Waals surface area (Å²) >= 11 is 0. The van der Waals surface area contributed by atoms with E-state index in [1.165, 1.54) is 14.2 Å². The van der Waals surface area contributed by atoms with Gasteiger partial charge in [-0.2, -0.15) is 0 Å². The first kappa shape index (κ1) is 19.8. The van der Waals surface area contributed by atoms with Gasteiger partial charge < -0.3 is 19.7 Å². The number of methoxy groups -OCH3 is 2. The van der Waals surface area contributed by atoms with Gasteiger partial charge in [-0.05, 0) is 38.1 Å². The van der Waals surface area contributed by atoms with Crippen molar-refractivity contribution >= 4 is 23.3 Å². The highest BCUT2D eigenvalue weighted by Crippen LogP contribution is 2.21. The van der Waals surface area contributed by atoms with Crippen molar-refractivity contribution in [3.8, 4) is 0 Å². The van der Waals surface area contributed by atoms with E-state index >= 15 is 0 Å². The summed E-state index contributed by atoms with van der Waals surface area (Å²) in [5.41, 5.74) is 1.85. The molecule has 0 bridgehead atoms. The van der Waals surface area contributed by atoms with Gasteiger partial charge in [0, 0.05) is 43.6 Å². The second kappa shape index (κ2) is 9.24. The summed E-state index contributed by atoms with van der Waals surface area (Å²) in [5.74, 6) is -1.26. The van der Waals surface area contributed by atoms with Gasteiger partial charge >= 0.3 is 11.9 Å². The van der Waals surface area contributed by atoms with E-state index in [0.29, 0.717) is 11.7 Å². The van der Waals surface area contributed by atoms with E-state index < -0.39 is 11.9 Å². The summed E-state index contributed by atoms with van der Waals surface area (Å²) in [6, 6.07) is 8.32. The van der Waals surface area contributed by atoms with Crippen molar-refractivity contribution in [3.63, 3.8) is 0 Å². The summed E-state index contributed by atoms with van der Waals surface area (Å²) < 4.78 is 9.25. The molecule has 1 saturated heterocycles. The van der Waals surface area contributed by atoms with Crippen LogP contribution >= 0.6 is 0 Å². The molecule has 0 aliphatic carbocycles. The normalized spacial score (nSPS) is 15.7. The van der Waals surface area contributed by atoms with E-state index in [2.05, 4.69) is 38.4 Å². The van der Waals surface area contributed by atoms with Gasteiger partial charge in [0.05, 0.1) is 20.3 Å². The van der Waals surface area contributed by atoms with Gasteiger partial charge in [-0.3, -0.25) is 4.90 Å². The van der Waals surface area contributed by atoms with Crippen molar-refractivity contribution in [2.24, 2.45) is 0 Å². The Kier molecular flexibility index (Phi) is 7.03. The molecule has 0 saturated carbocycles. The molecule has 26 heavy (non-hydrogen) atoms. The Morgan fingerprint density at radius 1 is 1.04 bits per heavy atom. The Labute approximate surface area is 154 Å². The van der Waals surface area contributed by atoms with Crippen LogP contribution in [0.3, 0.4) is 0 Å². The first-order valence-electron chi connectivity index (χ1n) is 8.68. The van der Waals surface area contributed by atoms with E-state index in [-0.39, 0.29) is 5.70 Å². The van der Waals surface area contributed by atoms with Crippen molar-refractivity contribution in [1.29, 1.82) is 0 Å². The molecule has 1 aromatic carbocycles. The monoisotopic (exact) mass is 361 g/mol. The SMILES string of the molecule is COC(=O)/C=C(/Nc1ccc(N2CCN(C(C)C)CC2)cc1)C(=O)OC. The summed E-state index contributed by atoms with van der Waals surface area (Å²) in [7, 11) is 2.51. The van der Waals surface area contributed by atoms with Crippen molar-refractivity contribution in [1.82, 2.24) is 4.90 Å². The lowest BCUT2D eigenvalue weighted by molar-refractivity contribution is -0.138. The van der Waals surface area contributed by atoms with Gasteiger partial charge in [-0.15, -0.1) is 0 Å². The van der Waals surface area contributed by atoms with E-state index in [4.69, 9.17) is 0 Å². The van der Waals surface area contributed by atoms with Crippen LogP contribution < -0.4 is 10.2 Å². The number of benzene rings is 1. The maximum Gasteiger partial charge on any atom is 0.354 e. The molecule has 0 atom stereocenters. The van der Waals surface area contributed by atoms with Crippen molar-refractivity contribution < 1.29 is 19.1 Å². The number of rotatable bonds is 6. The van der Waals surface area contributed by atoms with Crippen molar-refractivity contribution in [3.05, 3.63) is 36.0 Å². The molecule has 2 rings (SSSR count). The van der Waals surface area contributed by atoms with Gasteiger partial charge in [-0.1, -0.05) is 0 Å². The molecule has 0 aromatic heterocycles. The minimum Gasteiger partial charge on any atom is -0.466 e. The number of nitrogens with one attached hydrogen (secondary N) is 1. The van der Waals surface area contributed by atoms with Gasteiger partial charge in [0.2, 0.25) is 0 Å². The number of nitrogens with zero attached hydrogens (tertiary/aromatic N) is 2. The number of hydrogen-bond acceptors (Lipinski definition) is 7. The largest absolute Gasteiger partial charge is 0.466 e.